The normalized spacial score (nSPS) is 14.3. The minimum Gasteiger partial charge on any atom is -0.325 e. The first-order valence-corrected chi connectivity index (χ1v) is 10.1. The van der Waals surface area contributed by atoms with Gasteiger partial charge < -0.3 is 4.57 Å². The molecular weight excluding hydrogens is 417 g/mol. The van der Waals surface area contributed by atoms with Crippen LogP contribution >= 0.6 is 11.6 Å². The zero-order valence-corrected chi connectivity index (χ0v) is 17.1. The van der Waals surface area contributed by atoms with Crippen molar-refractivity contribution in [3.8, 4) is 22.6 Å². The monoisotopic (exact) mass is 435 g/mol. The van der Waals surface area contributed by atoms with Gasteiger partial charge in [-0.3, -0.25) is 4.98 Å². The summed E-state index contributed by atoms with van der Waals surface area (Å²) in [4.78, 5) is 9.22. The molecule has 7 nitrogen and oxygen atoms in total. The molecule has 0 saturated carbocycles. The average molecular weight is 436 g/mol. The number of benzene rings is 2. The zero-order chi connectivity index (χ0) is 21.2. The maximum absolute atomic E-state index is 13.6. The summed E-state index contributed by atoms with van der Waals surface area (Å²) in [6.45, 7) is 0.526. The van der Waals surface area contributed by atoms with Crippen LogP contribution in [0.4, 0.5) is 4.39 Å². The molecule has 4 N–H and O–H groups in total. The first kappa shape index (κ1) is 19.8. The van der Waals surface area contributed by atoms with E-state index in [0.717, 1.165) is 22.4 Å². The number of rotatable bonds is 5. The summed E-state index contributed by atoms with van der Waals surface area (Å²) in [7, 11) is 0. The van der Waals surface area contributed by atoms with Gasteiger partial charge in [0.15, 0.2) is 0 Å². The van der Waals surface area contributed by atoms with Crippen LogP contribution in [0.1, 0.15) is 17.3 Å². The second kappa shape index (κ2) is 8.54. The Balaban J connectivity index is 1.61. The summed E-state index contributed by atoms with van der Waals surface area (Å²) in [5.41, 5.74) is 16.8. The molecule has 1 aliphatic heterocycles. The van der Waals surface area contributed by atoms with Crippen molar-refractivity contribution in [2.75, 3.05) is 0 Å². The largest absolute Gasteiger partial charge is 0.325 e. The molecule has 0 bridgehead atoms. The highest BCUT2D eigenvalue weighted by molar-refractivity contribution is 6.31. The van der Waals surface area contributed by atoms with Crippen molar-refractivity contribution in [2.24, 2.45) is 0 Å². The second-order valence-electron chi connectivity index (χ2n) is 7.11. The number of nitrogens with zero attached hydrogens (tertiary/aromatic N) is 3. The SMILES string of the molecule is Fc1ccc(-c2c(-c3cc(C4NNNN4)ccn3)ncn2Cc2ccccc2Cl)cc1. The fourth-order valence-corrected chi connectivity index (χ4v) is 3.78. The van der Waals surface area contributed by atoms with Gasteiger partial charge in [0, 0.05) is 16.8 Å². The lowest BCUT2D eigenvalue weighted by Crippen LogP contribution is -2.33. The topological polar surface area (TPSA) is 78.8 Å². The van der Waals surface area contributed by atoms with E-state index in [1.165, 1.54) is 12.1 Å². The number of hydrogen-bond acceptors (Lipinski definition) is 6. The molecule has 0 aliphatic carbocycles. The van der Waals surface area contributed by atoms with Gasteiger partial charge >= 0.3 is 0 Å². The maximum Gasteiger partial charge on any atom is 0.123 e. The van der Waals surface area contributed by atoms with Crippen molar-refractivity contribution < 1.29 is 4.39 Å². The van der Waals surface area contributed by atoms with Crippen LogP contribution < -0.4 is 21.9 Å². The predicted octanol–water partition coefficient (Wildman–Crippen LogP) is 3.57. The van der Waals surface area contributed by atoms with Crippen molar-refractivity contribution in [3.63, 3.8) is 0 Å². The molecule has 2 aromatic carbocycles. The van der Waals surface area contributed by atoms with E-state index < -0.39 is 0 Å². The number of pyridine rings is 1. The summed E-state index contributed by atoms with van der Waals surface area (Å²) < 4.78 is 15.6. The van der Waals surface area contributed by atoms with Gasteiger partial charge in [0.05, 0.1) is 24.3 Å². The summed E-state index contributed by atoms with van der Waals surface area (Å²) in [6, 6.07) is 18.0. The molecule has 4 aromatic rings. The Morgan fingerprint density at radius 3 is 2.52 bits per heavy atom. The first-order chi connectivity index (χ1) is 15.2. The standard InChI is InChI=1S/C22H19ClFN7/c23-18-4-2-1-3-16(18)12-31-13-26-20(21(31)14-5-7-17(24)8-6-14)19-11-15(9-10-25-19)22-27-29-30-28-22/h1-11,13,22,27-30H,12H2. The molecule has 0 amide bonds. The van der Waals surface area contributed by atoms with E-state index in [-0.39, 0.29) is 12.0 Å². The molecule has 31 heavy (non-hydrogen) atoms. The lowest BCUT2D eigenvalue weighted by molar-refractivity contribution is 0.554. The van der Waals surface area contributed by atoms with Crippen LogP contribution in [-0.4, -0.2) is 14.5 Å². The molecule has 156 valence electrons. The molecule has 0 radical (unpaired) electrons. The molecule has 1 aliphatic rings. The Hall–Kier alpha value is -3.14. The third kappa shape index (κ3) is 4.07. The van der Waals surface area contributed by atoms with E-state index >= 15 is 0 Å². The van der Waals surface area contributed by atoms with Gasteiger partial charge in [0.1, 0.15) is 17.7 Å². The van der Waals surface area contributed by atoms with Gasteiger partial charge in [-0.15, -0.1) is 0 Å². The third-order valence-electron chi connectivity index (χ3n) is 5.11. The molecule has 1 saturated heterocycles. The Morgan fingerprint density at radius 1 is 0.968 bits per heavy atom. The Labute approximate surface area is 183 Å². The van der Waals surface area contributed by atoms with Gasteiger partial charge in [0.25, 0.3) is 0 Å². The van der Waals surface area contributed by atoms with E-state index in [2.05, 4.69) is 31.9 Å². The molecule has 3 heterocycles. The Morgan fingerprint density at radius 2 is 1.74 bits per heavy atom. The highest BCUT2D eigenvalue weighted by Crippen LogP contribution is 2.32. The number of nitrogens with one attached hydrogen (secondary N) is 4. The highest BCUT2D eigenvalue weighted by Gasteiger charge is 2.20. The molecule has 1 fully saturated rings. The third-order valence-corrected chi connectivity index (χ3v) is 5.48. The first-order valence-electron chi connectivity index (χ1n) is 9.71. The summed E-state index contributed by atoms with van der Waals surface area (Å²) in [5, 5.41) is 0.682. The summed E-state index contributed by atoms with van der Waals surface area (Å²) >= 11 is 6.39. The smallest absolute Gasteiger partial charge is 0.123 e. The van der Waals surface area contributed by atoms with E-state index in [0.29, 0.717) is 23.0 Å². The lowest BCUT2D eigenvalue weighted by atomic mass is 10.1. The maximum atomic E-state index is 13.6. The van der Waals surface area contributed by atoms with Gasteiger partial charge in [-0.1, -0.05) is 29.8 Å². The van der Waals surface area contributed by atoms with Crippen LogP contribution in [0.25, 0.3) is 22.6 Å². The number of hydrogen-bond donors (Lipinski definition) is 4. The van der Waals surface area contributed by atoms with Crippen LogP contribution in [-0.2, 0) is 6.54 Å². The quantitative estimate of drug-likeness (QED) is 0.384. The van der Waals surface area contributed by atoms with E-state index in [9.17, 15) is 4.39 Å². The van der Waals surface area contributed by atoms with Gasteiger partial charge in [-0.2, -0.15) is 11.1 Å². The lowest BCUT2D eigenvalue weighted by Gasteiger charge is -2.13. The zero-order valence-electron chi connectivity index (χ0n) is 16.3. The van der Waals surface area contributed by atoms with Crippen molar-refractivity contribution in [2.45, 2.75) is 12.7 Å². The van der Waals surface area contributed by atoms with Crippen LogP contribution in [0.2, 0.25) is 5.02 Å². The second-order valence-corrected chi connectivity index (χ2v) is 7.52. The molecule has 9 heteroatoms. The van der Waals surface area contributed by atoms with Crippen LogP contribution in [0.15, 0.2) is 73.2 Å². The fraction of sp³-hybridized carbons (Fsp3) is 0.0909. The van der Waals surface area contributed by atoms with Gasteiger partial charge in [0.2, 0.25) is 0 Å². The molecule has 0 unspecified atom stereocenters. The number of hydrazine groups is 3. The molecule has 0 spiro atoms. The molecular formula is C22H19ClFN7. The fourth-order valence-electron chi connectivity index (χ4n) is 3.59. The van der Waals surface area contributed by atoms with E-state index in [1.807, 2.05) is 41.0 Å². The van der Waals surface area contributed by atoms with Crippen LogP contribution in [0, 0.1) is 5.82 Å². The van der Waals surface area contributed by atoms with Crippen LogP contribution in [0.5, 0.6) is 0 Å². The van der Waals surface area contributed by atoms with Crippen molar-refractivity contribution in [1.29, 1.82) is 0 Å². The van der Waals surface area contributed by atoms with Crippen LogP contribution in [0.3, 0.4) is 0 Å². The highest BCUT2D eigenvalue weighted by atomic mass is 35.5. The van der Waals surface area contributed by atoms with Crippen molar-refractivity contribution in [1.82, 2.24) is 36.5 Å². The number of aromatic nitrogens is 3. The predicted molar refractivity (Wildman–Crippen MR) is 117 cm³/mol. The number of imidazole rings is 1. The summed E-state index contributed by atoms with van der Waals surface area (Å²) in [5.74, 6) is -0.291. The molecule has 0 atom stereocenters. The number of halogens is 2. The van der Waals surface area contributed by atoms with E-state index in [1.54, 1.807) is 24.7 Å². The van der Waals surface area contributed by atoms with Crippen molar-refractivity contribution >= 4 is 11.6 Å². The van der Waals surface area contributed by atoms with Crippen molar-refractivity contribution in [3.05, 3.63) is 95.2 Å². The molecule has 5 rings (SSSR count). The Bertz CT molecular complexity index is 1200. The summed E-state index contributed by atoms with van der Waals surface area (Å²) in [6.07, 6.45) is 3.38. The Kier molecular flexibility index (Phi) is 5.46. The van der Waals surface area contributed by atoms with Gasteiger partial charge in [-0.05, 0) is 53.6 Å². The minimum absolute atomic E-state index is 0.124. The molecule has 2 aromatic heterocycles. The average Bonchev–Trinajstić information content (AvgIpc) is 3.47. The van der Waals surface area contributed by atoms with Gasteiger partial charge in [-0.25, -0.2) is 20.2 Å². The van der Waals surface area contributed by atoms with E-state index in [4.69, 9.17) is 11.6 Å². The minimum atomic E-state index is -0.291.